The van der Waals surface area contributed by atoms with Crippen LogP contribution in [0.2, 0.25) is 0 Å². The highest BCUT2D eigenvalue weighted by Gasteiger charge is 2.15. The zero-order chi connectivity index (χ0) is 12.5. The normalized spacial score (nSPS) is 10.7. The Balaban J connectivity index is 2.42. The van der Waals surface area contributed by atoms with Gasteiger partial charge in [0.25, 0.3) is 0 Å². The van der Waals surface area contributed by atoms with Gasteiger partial charge in [0, 0.05) is 5.56 Å². The van der Waals surface area contributed by atoms with E-state index in [-0.39, 0.29) is 5.75 Å². The summed E-state index contributed by atoms with van der Waals surface area (Å²) in [6.07, 6.45) is 1.61. The van der Waals surface area contributed by atoms with Crippen molar-refractivity contribution in [3.05, 3.63) is 48.5 Å². The molecule has 4 nitrogen and oxygen atoms in total. The highest BCUT2D eigenvalue weighted by atomic mass is 16.3. The van der Waals surface area contributed by atoms with Crippen molar-refractivity contribution in [2.75, 3.05) is 0 Å². The number of nitrogens with zero attached hydrogens (tertiary/aromatic N) is 2. The Bertz CT molecular complexity index is 716. The predicted octanol–water partition coefficient (Wildman–Crippen LogP) is 2.97. The van der Waals surface area contributed by atoms with Gasteiger partial charge in [-0.2, -0.15) is 15.4 Å². The molecule has 0 spiro atoms. The average Bonchev–Trinajstić information content (AvgIpc) is 2.86. The van der Waals surface area contributed by atoms with Crippen LogP contribution in [-0.4, -0.2) is 20.5 Å². The van der Waals surface area contributed by atoms with Crippen molar-refractivity contribution < 1.29 is 5.11 Å². The summed E-state index contributed by atoms with van der Waals surface area (Å²) in [4.78, 5) is 0. The molecule has 0 aliphatic rings. The van der Waals surface area contributed by atoms with E-state index in [0.717, 1.165) is 5.56 Å². The van der Waals surface area contributed by atoms with E-state index in [4.69, 9.17) is 0 Å². The summed E-state index contributed by atoms with van der Waals surface area (Å²) in [6, 6.07) is 11.4. The summed E-state index contributed by atoms with van der Waals surface area (Å²) in [5.41, 5.74) is 3.59. The minimum absolute atomic E-state index is 0.178. The minimum atomic E-state index is 0.178. The molecule has 3 rings (SSSR count). The Labute approximate surface area is 104 Å². The molecule has 0 radical (unpaired) electrons. The first-order chi connectivity index (χ1) is 8.81. The summed E-state index contributed by atoms with van der Waals surface area (Å²) >= 11 is 0. The second-order valence-electron chi connectivity index (χ2n) is 3.95. The lowest BCUT2D eigenvalue weighted by Gasteiger charge is -2.08. The van der Waals surface area contributed by atoms with Gasteiger partial charge < -0.3 is 5.11 Å². The molecular weight excluding hydrogens is 226 g/mol. The molecule has 0 saturated carbocycles. The molecule has 0 aliphatic carbocycles. The van der Waals surface area contributed by atoms with E-state index >= 15 is 0 Å². The number of H-pyrrole nitrogens is 1. The summed E-state index contributed by atoms with van der Waals surface area (Å²) in [6.45, 7) is 3.70. The molecule has 0 fully saturated rings. The molecule has 0 bridgehead atoms. The smallest absolute Gasteiger partial charge is 0.133 e. The number of phenols is 1. The van der Waals surface area contributed by atoms with Crippen LogP contribution in [0.15, 0.2) is 43.0 Å². The van der Waals surface area contributed by atoms with E-state index in [1.807, 2.05) is 30.3 Å². The van der Waals surface area contributed by atoms with Gasteiger partial charge >= 0.3 is 0 Å². The number of hydrogen-bond acceptors (Lipinski definition) is 3. The van der Waals surface area contributed by atoms with Crippen LogP contribution in [0.5, 0.6) is 5.75 Å². The monoisotopic (exact) mass is 237 g/mol. The largest absolute Gasteiger partial charge is 0.507 e. The lowest BCUT2D eigenvalue weighted by atomic mass is 9.99. The van der Waals surface area contributed by atoms with Crippen molar-refractivity contribution in [2.45, 2.75) is 0 Å². The van der Waals surface area contributed by atoms with Crippen LogP contribution < -0.4 is 0 Å². The average molecular weight is 237 g/mol. The first kappa shape index (κ1) is 10.5. The van der Waals surface area contributed by atoms with Gasteiger partial charge in [-0.3, -0.25) is 0 Å². The molecule has 0 unspecified atom stereocenters. The fourth-order valence-electron chi connectivity index (χ4n) is 2.03. The van der Waals surface area contributed by atoms with E-state index in [1.165, 1.54) is 0 Å². The summed E-state index contributed by atoms with van der Waals surface area (Å²) < 4.78 is 0. The predicted molar refractivity (Wildman–Crippen MR) is 71.1 cm³/mol. The Hall–Kier alpha value is -2.62. The van der Waals surface area contributed by atoms with E-state index in [0.29, 0.717) is 22.2 Å². The third-order valence-corrected chi connectivity index (χ3v) is 2.90. The molecule has 0 atom stereocenters. The van der Waals surface area contributed by atoms with Gasteiger partial charge in [0.05, 0.1) is 5.56 Å². The fourth-order valence-corrected chi connectivity index (χ4v) is 2.03. The molecule has 1 aromatic heterocycles. The molecule has 0 amide bonds. The van der Waals surface area contributed by atoms with Crippen LogP contribution in [0.3, 0.4) is 0 Å². The van der Waals surface area contributed by atoms with Gasteiger partial charge in [-0.1, -0.05) is 43.0 Å². The van der Waals surface area contributed by atoms with Gasteiger partial charge in [0.2, 0.25) is 0 Å². The molecule has 4 heteroatoms. The SMILES string of the molecule is C=Cc1cc2n[nH]nc2c(-c2ccccc2)c1O. The van der Waals surface area contributed by atoms with Gasteiger partial charge in [0.15, 0.2) is 0 Å². The molecular formula is C14H11N3O. The van der Waals surface area contributed by atoms with Gasteiger partial charge in [0.1, 0.15) is 16.8 Å². The number of hydrogen-bond donors (Lipinski definition) is 2. The molecule has 0 saturated heterocycles. The van der Waals surface area contributed by atoms with Crippen molar-refractivity contribution in [3.63, 3.8) is 0 Å². The Kier molecular flexibility index (Phi) is 2.34. The number of fused-ring (bicyclic) bond motifs is 1. The molecule has 2 aromatic carbocycles. The Morgan fingerprint density at radius 3 is 2.67 bits per heavy atom. The number of nitrogens with one attached hydrogen (secondary N) is 1. The zero-order valence-electron chi connectivity index (χ0n) is 9.59. The molecule has 18 heavy (non-hydrogen) atoms. The van der Waals surface area contributed by atoms with Gasteiger partial charge in [-0.25, -0.2) is 0 Å². The van der Waals surface area contributed by atoms with Gasteiger partial charge in [-0.05, 0) is 11.6 Å². The number of aromatic nitrogens is 3. The third-order valence-electron chi connectivity index (χ3n) is 2.90. The molecule has 88 valence electrons. The lowest BCUT2D eigenvalue weighted by molar-refractivity contribution is 0.477. The summed E-state index contributed by atoms with van der Waals surface area (Å²) in [7, 11) is 0. The number of aromatic amines is 1. The molecule has 0 aliphatic heterocycles. The van der Waals surface area contributed by atoms with Crippen LogP contribution in [-0.2, 0) is 0 Å². The quantitative estimate of drug-likeness (QED) is 0.720. The second-order valence-corrected chi connectivity index (χ2v) is 3.95. The topological polar surface area (TPSA) is 61.8 Å². The maximum absolute atomic E-state index is 10.3. The van der Waals surface area contributed by atoms with E-state index < -0.39 is 0 Å². The number of phenolic OH excluding ortho intramolecular Hbond substituents is 1. The standard InChI is InChI=1S/C14H11N3O/c1-2-9-8-11-13(16-17-15-11)12(14(9)18)10-6-4-3-5-7-10/h2-8,18H,1H2,(H,15,16,17). The van der Waals surface area contributed by atoms with Gasteiger partial charge in [-0.15, -0.1) is 0 Å². The summed E-state index contributed by atoms with van der Waals surface area (Å²) in [5, 5.41) is 21.0. The highest BCUT2D eigenvalue weighted by molar-refractivity contribution is 5.97. The second kappa shape index (κ2) is 4.00. The highest BCUT2D eigenvalue weighted by Crippen LogP contribution is 2.37. The van der Waals surface area contributed by atoms with Crippen LogP contribution in [0, 0.1) is 0 Å². The Morgan fingerprint density at radius 2 is 1.94 bits per heavy atom. The first-order valence-corrected chi connectivity index (χ1v) is 5.55. The Morgan fingerprint density at radius 1 is 1.17 bits per heavy atom. The third kappa shape index (κ3) is 1.47. The van der Waals surface area contributed by atoms with Crippen molar-refractivity contribution in [1.82, 2.24) is 15.4 Å². The number of aromatic hydroxyl groups is 1. The minimum Gasteiger partial charge on any atom is -0.507 e. The van der Waals surface area contributed by atoms with Crippen LogP contribution in [0.1, 0.15) is 5.56 Å². The van der Waals surface area contributed by atoms with E-state index in [1.54, 1.807) is 12.1 Å². The molecule has 1 heterocycles. The first-order valence-electron chi connectivity index (χ1n) is 5.55. The van der Waals surface area contributed by atoms with E-state index in [2.05, 4.69) is 22.0 Å². The van der Waals surface area contributed by atoms with E-state index in [9.17, 15) is 5.11 Å². The van der Waals surface area contributed by atoms with Crippen molar-refractivity contribution >= 4 is 17.1 Å². The van der Waals surface area contributed by atoms with Crippen molar-refractivity contribution in [1.29, 1.82) is 0 Å². The lowest BCUT2D eigenvalue weighted by Crippen LogP contribution is -1.85. The number of rotatable bonds is 2. The fraction of sp³-hybridized carbons (Fsp3) is 0. The zero-order valence-corrected chi connectivity index (χ0v) is 9.59. The van der Waals surface area contributed by atoms with Crippen LogP contribution in [0.25, 0.3) is 28.2 Å². The maximum Gasteiger partial charge on any atom is 0.133 e. The molecule has 2 N–H and O–H groups in total. The summed E-state index contributed by atoms with van der Waals surface area (Å²) in [5.74, 6) is 0.178. The number of benzene rings is 2. The molecule has 3 aromatic rings. The maximum atomic E-state index is 10.3. The van der Waals surface area contributed by atoms with Crippen LogP contribution >= 0.6 is 0 Å². The van der Waals surface area contributed by atoms with Crippen molar-refractivity contribution in [2.24, 2.45) is 0 Å². The van der Waals surface area contributed by atoms with Crippen LogP contribution in [0.4, 0.5) is 0 Å². The van der Waals surface area contributed by atoms with Crippen molar-refractivity contribution in [3.8, 4) is 16.9 Å².